The average molecular weight is 319 g/mol. The van der Waals surface area contributed by atoms with Crippen LogP contribution in [0.2, 0.25) is 0 Å². The third-order valence-electron chi connectivity index (χ3n) is 4.61. The van der Waals surface area contributed by atoms with Gasteiger partial charge in [0.15, 0.2) is 0 Å². The highest BCUT2D eigenvalue weighted by Gasteiger charge is 2.30. The van der Waals surface area contributed by atoms with Crippen molar-refractivity contribution in [2.24, 2.45) is 11.8 Å². The maximum Gasteiger partial charge on any atom is 0.223 e. The van der Waals surface area contributed by atoms with Crippen molar-refractivity contribution in [1.82, 2.24) is 5.32 Å². The van der Waals surface area contributed by atoms with Crippen molar-refractivity contribution >= 4 is 5.91 Å². The zero-order chi connectivity index (χ0) is 16.9. The molecule has 1 aromatic carbocycles. The Morgan fingerprint density at radius 3 is 2.74 bits per heavy atom. The fourth-order valence-corrected chi connectivity index (χ4v) is 3.34. The Labute approximate surface area is 139 Å². The van der Waals surface area contributed by atoms with Crippen LogP contribution in [0, 0.1) is 11.8 Å². The van der Waals surface area contributed by atoms with Crippen LogP contribution in [0.5, 0.6) is 0 Å². The molecular weight excluding hydrogens is 290 g/mol. The highest BCUT2D eigenvalue weighted by atomic mass is 16.5. The van der Waals surface area contributed by atoms with Crippen LogP contribution >= 0.6 is 0 Å². The summed E-state index contributed by atoms with van der Waals surface area (Å²) >= 11 is 0. The van der Waals surface area contributed by atoms with E-state index in [9.17, 15) is 9.90 Å². The zero-order valence-electron chi connectivity index (χ0n) is 14.4. The van der Waals surface area contributed by atoms with Gasteiger partial charge in [-0.2, -0.15) is 0 Å². The number of ether oxygens (including phenoxy) is 1. The fourth-order valence-electron chi connectivity index (χ4n) is 3.34. The third kappa shape index (κ3) is 5.05. The van der Waals surface area contributed by atoms with Gasteiger partial charge in [-0.15, -0.1) is 0 Å². The molecule has 4 heteroatoms. The van der Waals surface area contributed by atoms with Gasteiger partial charge in [-0.25, -0.2) is 0 Å². The average Bonchev–Trinajstić information content (AvgIpc) is 2.53. The monoisotopic (exact) mass is 319 g/mol. The standard InChI is InChI=1S/C19H29NO3/c1-14(2)18-15(8-7-11-23-18)13-20-17(21)12-19(3,22)16-9-5-4-6-10-16/h4-6,9-10,14-15,18,22H,7-8,11-13H2,1-3H3,(H,20,21)/t15-,18+,19+/m1/s1. The van der Waals surface area contributed by atoms with E-state index < -0.39 is 5.60 Å². The number of rotatable bonds is 6. The van der Waals surface area contributed by atoms with E-state index in [0.717, 1.165) is 25.0 Å². The van der Waals surface area contributed by atoms with E-state index >= 15 is 0 Å². The Hall–Kier alpha value is -1.39. The summed E-state index contributed by atoms with van der Waals surface area (Å²) < 4.78 is 5.85. The second kappa shape index (κ2) is 7.93. The van der Waals surface area contributed by atoms with Crippen LogP contribution in [-0.4, -0.2) is 30.3 Å². The Morgan fingerprint density at radius 1 is 1.39 bits per heavy atom. The van der Waals surface area contributed by atoms with Gasteiger partial charge in [-0.3, -0.25) is 4.79 Å². The van der Waals surface area contributed by atoms with Crippen molar-refractivity contribution in [2.45, 2.75) is 51.7 Å². The van der Waals surface area contributed by atoms with Crippen molar-refractivity contribution in [3.05, 3.63) is 35.9 Å². The van der Waals surface area contributed by atoms with Gasteiger partial charge in [0.1, 0.15) is 0 Å². The van der Waals surface area contributed by atoms with Gasteiger partial charge < -0.3 is 15.2 Å². The Kier molecular flexibility index (Phi) is 6.19. The van der Waals surface area contributed by atoms with Gasteiger partial charge in [0.25, 0.3) is 0 Å². The molecule has 0 spiro atoms. The van der Waals surface area contributed by atoms with Gasteiger partial charge in [-0.05, 0) is 31.2 Å². The molecule has 1 saturated heterocycles. The molecule has 128 valence electrons. The summed E-state index contributed by atoms with van der Waals surface area (Å²) in [6.07, 6.45) is 2.40. The quantitative estimate of drug-likeness (QED) is 0.847. The van der Waals surface area contributed by atoms with E-state index in [2.05, 4.69) is 19.2 Å². The van der Waals surface area contributed by atoms with E-state index in [1.54, 1.807) is 6.92 Å². The lowest BCUT2D eigenvalue weighted by Gasteiger charge is -2.34. The molecule has 1 fully saturated rings. The molecule has 1 aromatic rings. The number of amides is 1. The van der Waals surface area contributed by atoms with Crippen LogP contribution in [0.4, 0.5) is 0 Å². The topological polar surface area (TPSA) is 58.6 Å². The molecule has 4 nitrogen and oxygen atoms in total. The maximum absolute atomic E-state index is 12.2. The first-order chi connectivity index (χ1) is 10.9. The van der Waals surface area contributed by atoms with Crippen LogP contribution in [0.15, 0.2) is 30.3 Å². The summed E-state index contributed by atoms with van der Waals surface area (Å²) in [4.78, 5) is 12.2. The van der Waals surface area contributed by atoms with E-state index in [1.807, 2.05) is 30.3 Å². The Morgan fingerprint density at radius 2 is 2.09 bits per heavy atom. The van der Waals surface area contributed by atoms with E-state index in [-0.39, 0.29) is 18.4 Å². The number of hydrogen-bond donors (Lipinski definition) is 2. The van der Waals surface area contributed by atoms with Crippen LogP contribution < -0.4 is 5.32 Å². The Balaban J connectivity index is 1.87. The summed E-state index contributed by atoms with van der Waals surface area (Å²) in [6, 6.07) is 9.32. The summed E-state index contributed by atoms with van der Waals surface area (Å²) in [5.41, 5.74) is -0.387. The number of hydrogen-bond acceptors (Lipinski definition) is 3. The van der Waals surface area contributed by atoms with Crippen molar-refractivity contribution in [3.8, 4) is 0 Å². The molecule has 1 amide bonds. The molecule has 2 N–H and O–H groups in total. The second-order valence-corrected chi connectivity index (χ2v) is 7.10. The lowest BCUT2D eigenvalue weighted by Crippen LogP contribution is -2.42. The first-order valence-corrected chi connectivity index (χ1v) is 8.56. The van der Waals surface area contributed by atoms with Gasteiger partial charge >= 0.3 is 0 Å². The van der Waals surface area contributed by atoms with Crippen molar-refractivity contribution < 1.29 is 14.6 Å². The SMILES string of the molecule is CC(C)[C@@H]1OCCC[C@@H]1CNC(=O)C[C@](C)(O)c1ccccc1. The Bertz CT molecular complexity index is 499. The summed E-state index contributed by atoms with van der Waals surface area (Å²) in [7, 11) is 0. The predicted octanol–water partition coefficient (Wildman–Crippen LogP) is 2.85. The molecule has 1 aliphatic heterocycles. The van der Waals surface area contributed by atoms with Crippen LogP contribution in [0.3, 0.4) is 0 Å². The summed E-state index contributed by atoms with van der Waals surface area (Å²) in [5, 5.41) is 13.5. The van der Waals surface area contributed by atoms with E-state index in [0.29, 0.717) is 18.4 Å². The van der Waals surface area contributed by atoms with E-state index in [1.165, 1.54) is 0 Å². The minimum atomic E-state index is -1.15. The van der Waals surface area contributed by atoms with Crippen LogP contribution in [0.1, 0.15) is 45.6 Å². The first kappa shape index (κ1) is 18.0. The molecular formula is C19H29NO3. The molecule has 23 heavy (non-hydrogen) atoms. The fraction of sp³-hybridized carbons (Fsp3) is 0.632. The number of carbonyl (C=O) groups is 1. The molecule has 1 heterocycles. The summed E-state index contributed by atoms with van der Waals surface area (Å²) in [6.45, 7) is 7.43. The van der Waals surface area contributed by atoms with Gasteiger partial charge in [0.2, 0.25) is 5.91 Å². The summed E-state index contributed by atoms with van der Waals surface area (Å²) in [5.74, 6) is 0.686. The highest BCUT2D eigenvalue weighted by molar-refractivity contribution is 5.77. The molecule has 1 aliphatic rings. The maximum atomic E-state index is 12.2. The highest BCUT2D eigenvalue weighted by Crippen LogP contribution is 2.27. The van der Waals surface area contributed by atoms with E-state index in [4.69, 9.17) is 4.74 Å². The molecule has 3 atom stereocenters. The van der Waals surface area contributed by atoms with Crippen molar-refractivity contribution in [2.75, 3.05) is 13.2 Å². The normalized spacial score (nSPS) is 24.2. The van der Waals surface area contributed by atoms with Gasteiger partial charge in [-0.1, -0.05) is 44.2 Å². The molecule has 2 rings (SSSR count). The van der Waals surface area contributed by atoms with Crippen molar-refractivity contribution in [3.63, 3.8) is 0 Å². The first-order valence-electron chi connectivity index (χ1n) is 8.56. The van der Waals surface area contributed by atoms with Crippen LogP contribution in [0.25, 0.3) is 0 Å². The number of carbonyl (C=O) groups excluding carboxylic acids is 1. The number of aliphatic hydroxyl groups is 1. The minimum Gasteiger partial charge on any atom is -0.385 e. The second-order valence-electron chi connectivity index (χ2n) is 7.10. The predicted molar refractivity (Wildman–Crippen MR) is 90.9 cm³/mol. The minimum absolute atomic E-state index is 0.0664. The van der Waals surface area contributed by atoms with Crippen LogP contribution in [-0.2, 0) is 15.1 Å². The molecule has 0 bridgehead atoms. The molecule has 0 aromatic heterocycles. The third-order valence-corrected chi connectivity index (χ3v) is 4.61. The zero-order valence-corrected chi connectivity index (χ0v) is 14.4. The van der Waals surface area contributed by atoms with Gasteiger partial charge in [0.05, 0.1) is 18.1 Å². The molecule has 0 unspecified atom stereocenters. The molecule has 0 radical (unpaired) electrons. The molecule has 0 saturated carbocycles. The number of nitrogens with one attached hydrogen (secondary N) is 1. The van der Waals surface area contributed by atoms with Crippen molar-refractivity contribution in [1.29, 1.82) is 0 Å². The molecule has 0 aliphatic carbocycles. The van der Waals surface area contributed by atoms with Gasteiger partial charge in [0, 0.05) is 19.1 Å². The smallest absolute Gasteiger partial charge is 0.223 e. The largest absolute Gasteiger partial charge is 0.385 e. The lowest BCUT2D eigenvalue weighted by atomic mass is 9.87. The lowest BCUT2D eigenvalue weighted by molar-refractivity contribution is -0.126. The number of benzene rings is 1.